The fraction of sp³-hybridized carbons (Fsp3) is 0.722. The van der Waals surface area contributed by atoms with E-state index < -0.39 is 0 Å². The Morgan fingerprint density at radius 3 is 2.61 bits per heavy atom. The van der Waals surface area contributed by atoms with E-state index in [1.807, 2.05) is 18.7 Å². The third kappa shape index (κ3) is 4.58. The van der Waals surface area contributed by atoms with Crippen LogP contribution in [0.1, 0.15) is 50.9 Å². The van der Waals surface area contributed by atoms with Crippen molar-refractivity contribution in [1.82, 2.24) is 10.2 Å². The molecule has 1 fully saturated rings. The molecule has 0 saturated carbocycles. The molecule has 1 atom stereocenters. The molecular weight excluding hydrogens is 292 g/mol. The molecule has 1 aromatic heterocycles. The third-order valence-electron chi connectivity index (χ3n) is 4.83. The lowest BCUT2D eigenvalue weighted by atomic mass is 9.80. The molecule has 0 aliphatic carbocycles. The molecule has 1 unspecified atom stereocenters. The van der Waals surface area contributed by atoms with E-state index in [1.54, 1.807) is 6.07 Å². The van der Waals surface area contributed by atoms with E-state index >= 15 is 0 Å². The predicted molar refractivity (Wildman–Crippen MR) is 90.3 cm³/mol. The number of likely N-dealkylation sites (tertiary alicyclic amines) is 1. The number of furan rings is 1. The van der Waals surface area contributed by atoms with Crippen LogP contribution >= 0.6 is 0 Å². The standard InChI is InChI=1S/C18H30N2O3/c1-13(2)16(21)18(3,4)12-19-15-5-8-20(9-6-15)17(22)14-7-10-23-11-14/h7,10-11,13,15-16,19,21H,5-6,8-9,12H2,1-4H3. The Labute approximate surface area is 139 Å². The second-order valence-electron chi connectivity index (χ2n) is 7.64. The minimum atomic E-state index is -0.322. The number of nitrogens with zero attached hydrogens (tertiary/aromatic N) is 1. The lowest BCUT2D eigenvalue weighted by molar-refractivity contribution is 0.0108. The molecule has 0 radical (unpaired) electrons. The fourth-order valence-corrected chi connectivity index (χ4v) is 3.27. The minimum Gasteiger partial charge on any atom is -0.472 e. The van der Waals surface area contributed by atoms with Gasteiger partial charge >= 0.3 is 0 Å². The van der Waals surface area contributed by atoms with E-state index in [4.69, 9.17) is 4.42 Å². The highest BCUT2D eigenvalue weighted by Gasteiger charge is 2.31. The summed E-state index contributed by atoms with van der Waals surface area (Å²) in [4.78, 5) is 14.1. The van der Waals surface area contributed by atoms with Gasteiger partial charge in [-0.2, -0.15) is 0 Å². The first kappa shape index (κ1) is 18.0. The summed E-state index contributed by atoms with van der Waals surface area (Å²) in [5, 5.41) is 13.9. The number of carbonyl (C=O) groups excluding carboxylic acids is 1. The van der Waals surface area contributed by atoms with Gasteiger partial charge in [-0.15, -0.1) is 0 Å². The average Bonchev–Trinajstić information content (AvgIpc) is 3.06. The topological polar surface area (TPSA) is 65.7 Å². The van der Waals surface area contributed by atoms with Gasteiger partial charge in [0.05, 0.1) is 17.9 Å². The highest BCUT2D eigenvalue weighted by atomic mass is 16.3. The zero-order chi connectivity index (χ0) is 17.0. The van der Waals surface area contributed by atoms with Gasteiger partial charge in [-0.3, -0.25) is 4.79 Å². The van der Waals surface area contributed by atoms with E-state index in [-0.39, 0.29) is 23.3 Å². The quantitative estimate of drug-likeness (QED) is 0.844. The van der Waals surface area contributed by atoms with Crippen LogP contribution in [0.15, 0.2) is 23.0 Å². The maximum atomic E-state index is 12.3. The van der Waals surface area contributed by atoms with E-state index in [0.717, 1.165) is 32.5 Å². The van der Waals surface area contributed by atoms with Crippen LogP contribution in [-0.2, 0) is 0 Å². The van der Waals surface area contributed by atoms with Crippen molar-refractivity contribution in [3.8, 4) is 0 Å². The van der Waals surface area contributed by atoms with Crippen LogP contribution in [0.3, 0.4) is 0 Å². The zero-order valence-electron chi connectivity index (χ0n) is 14.7. The predicted octanol–water partition coefficient (Wildman–Crippen LogP) is 2.52. The molecular formula is C18H30N2O3. The van der Waals surface area contributed by atoms with Crippen LogP contribution in [0, 0.1) is 11.3 Å². The number of carbonyl (C=O) groups is 1. The van der Waals surface area contributed by atoms with Crippen molar-refractivity contribution >= 4 is 5.91 Å². The molecule has 1 aliphatic heterocycles. The van der Waals surface area contributed by atoms with Crippen LogP contribution in [0.25, 0.3) is 0 Å². The summed E-state index contributed by atoms with van der Waals surface area (Å²) in [5.41, 5.74) is 0.468. The van der Waals surface area contributed by atoms with Crippen molar-refractivity contribution in [2.24, 2.45) is 11.3 Å². The summed E-state index contributed by atoms with van der Waals surface area (Å²) in [6, 6.07) is 2.12. The van der Waals surface area contributed by atoms with E-state index in [2.05, 4.69) is 19.2 Å². The van der Waals surface area contributed by atoms with Crippen LogP contribution in [-0.4, -0.2) is 47.7 Å². The first-order chi connectivity index (χ1) is 10.8. The molecule has 1 saturated heterocycles. The van der Waals surface area contributed by atoms with Crippen LogP contribution in [0.5, 0.6) is 0 Å². The van der Waals surface area contributed by atoms with E-state index in [0.29, 0.717) is 11.6 Å². The van der Waals surface area contributed by atoms with Gasteiger partial charge in [0, 0.05) is 31.1 Å². The molecule has 0 aromatic carbocycles. The molecule has 2 rings (SSSR count). The van der Waals surface area contributed by atoms with Gasteiger partial charge in [-0.05, 0) is 24.8 Å². The second-order valence-corrected chi connectivity index (χ2v) is 7.64. The van der Waals surface area contributed by atoms with Crippen molar-refractivity contribution in [1.29, 1.82) is 0 Å². The van der Waals surface area contributed by atoms with E-state index in [9.17, 15) is 9.90 Å². The highest BCUT2D eigenvalue weighted by molar-refractivity contribution is 5.93. The van der Waals surface area contributed by atoms with Gasteiger partial charge in [-0.25, -0.2) is 0 Å². The first-order valence-electron chi connectivity index (χ1n) is 8.54. The maximum absolute atomic E-state index is 12.3. The molecule has 0 bridgehead atoms. The number of aliphatic hydroxyl groups is 1. The van der Waals surface area contributed by atoms with Gasteiger partial charge in [0.2, 0.25) is 0 Å². The molecule has 1 aliphatic rings. The minimum absolute atomic E-state index is 0.0489. The molecule has 5 heteroatoms. The average molecular weight is 322 g/mol. The van der Waals surface area contributed by atoms with Gasteiger partial charge in [-0.1, -0.05) is 27.7 Å². The molecule has 23 heavy (non-hydrogen) atoms. The Kier molecular flexibility index (Phi) is 5.87. The Morgan fingerprint density at radius 1 is 1.43 bits per heavy atom. The Hall–Kier alpha value is -1.33. The second kappa shape index (κ2) is 7.49. The van der Waals surface area contributed by atoms with Gasteiger partial charge in [0.15, 0.2) is 0 Å². The molecule has 1 aromatic rings. The lowest BCUT2D eigenvalue weighted by Crippen LogP contribution is -2.49. The molecule has 2 heterocycles. The number of hydrogen-bond acceptors (Lipinski definition) is 4. The summed E-state index contributed by atoms with van der Waals surface area (Å²) in [6.45, 7) is 10.6. The Balaban J connectivity index is 1.78. The lowest BCUT2D eigenvalue weighted by Gasteiger charge is -2.37. The van der Waals surface area contributed by atoms with Gasteiger partial charge in [0.25, 0.3) is 5.91 Å². The zero-order valence-corrected chi connectivity index (χ0v) is 14.7. The Bertz CT molecular complexity index is 488. The molecule has 130 valence electrons. The number of amides is 1. The third-order valence-corrected chi connectivity index (χ3v) is 4.83. The summed E-state index contributed by atoms with van der Waals surface area (Å²) >= 11 is 0. The molecule has 1 amide bonds. The van der Waals surface area contributed by atoms with E-state index in [1.165, 1.54) is 12.5 Å². The highest BCUT2D eigenvalue weighted by Crippen LogP contribution is 2.26. The Morgan fingerprint density at radius 2 is 2.09 bits per heavy atom. The summed E-state index contributed by atoms with van der Waals surface area (Å²) in [5.74, 6) is 0.300. The first-order valence-corrected chi connectivity index (χ1v) is 8.54. The maximum Gasteiger partial charge on any atom is 0.257 e. The summed E-state index contributed by atoms with van der Waals surface area (Å²) in [7, 11) is 0. The van der Waals surface area contributed by atoms with Crippen LogP contribution in [0.2, 0.25) is 0 Å². The van der Waals surface area contributed by atoms with Crippen molar-refractivity contribution < 1.29 is 14.3 Å². The van der Waals surface area contributed by atoms with Crippen molar-refractivity contribution in [2.45, 2.75) is 52.7 Å². The van der Waals surface area contributed by atoms with Crippen molar-refractivity contribution in [3.63, 3.8) is 0 Å². The normalized spacial score (nSPS) is 18.4. The number of piperidine rings is 1. The number of aliphatic hydroxyl groups excluding tert-OH is 1. The van der Waals surface area contributed by atoms with Crippen molar-refractivity contribution in [3.05, 3.63) is 24.2 Å². The van der Waals surface area contributed by atoms with Crippen LogP contribution in [0.4, 0.5) is 0 Å². The van der Waals surface area contributed by atoms with Crippen molar-refractivity contribution in [2.75, 3.05) is 19.6 Å². The summed E-state index contributed by atoms with van der Waals surface area (Å²) < 4.78 is 4.98. The SMILES string of the molecule is CC(C)C(O)C(C)(C)CNC1CCN(C(=O)c2ccoc2)CC1. The fourth-order valence-electron chi connectivity index (χ4n) is 3.27. The molecule has 5 nitrogen and oxygen atoms in total. The molecule has 0 spiro atoms. The monoisotopic (exact) mass is 322 g/mol. The smallest absolute Gasteiger partial charge is 0.257 e. The largest absolute Gasteiger partial charge is 0.472 e. The van der Waals surface area contributed by atoms with Crippen LogP contribution < -0.4 is 5.32 Å². The summed E-state index contributed by atoms with van der Waals surface area (Å²) in [6.07, 6.45) is 4.60. The van der Waals surface area contributed by atoms with Gasteiger partial charge < -0.3 is 19.7 Å². The number of hydrogen-bond donors (Lipinski definition) is 2. The molecule has 2 N–H and O–H groups in total. The number of rotatable bonds is 6. The number of nitrogens with one attached hydrogen (secondary N) is 1. The van der Waals surface area contributed by atoms with Gasteiger partial charge in [0.1, 0.15) is 6.26 Å².